The Labute approximate surface area is 164 Å². The molecule has 2 fully saturated rings. The van der Waals surface area contributed by atoms with Crippen LogP contribution < -0.4 is 5.32 Å². The van der Waals surface area contributed by atoms with Gasteiger partial charge in [0.15, 0.2) is 0 Å². The van der Waals surface area contributed by atoms with E-state index in [1.807, 2.05) is 29.2 Å². The lowest BCUT2D eigenvalue weighted by Crippen LogP contribution is -2.44. The molecule has 1 atom stereocenters. The highest BCUT2D eigenvalue weighted by Gasteiger charge is 2.27. The van der Waals surface area contributed by atoms with Gasteiger partial charge in [-0.05, 0) is 25.0 Å². The van der Waals surface area contributed by atoms with Gasteiger partial charge < -0.3 is 15.0 Å². The van der Waals surface area contributed by atoms with Crippen molar-refractivity contribution in [3.63, 3.8) is 0 Å². The van der Waals surface area contributed by atoms with Gasteiger partial charge in [0, 0.05) is 43.4 Å². The Bertz CT molecular complexity index is 780. The summed E-state index contributed by atoms with van der Waals surface area (Å²) in [4.78, 5) is 14.5. The Kier molecular flexibility index (Phi) is 5.76. The number of hydrogen-bond donors (Lipinski definition) is 2. The van der Waals surface area contributed by atoms with Gasteiger partial charge in [-0.25, -0.2) is 0 Å². The lowest BCUT2D eigenvalue weighted by molar-refractivity contribution is -0.135. The smallest absolute Gasteiger partial charge is 0.225 e. The molecule has 0 saturated carbocycles. The van der Waals surface area contributed by atoms with Crippen LogP contribution in [0, 0.1) is 0 Å². The molecule has 0 aliphatic carbocycles. The molecule has 0 spiro atoms. The molecule has 27 heavy (non-hydrogen) atoms. The van der Waals surface area contributed by atoms with E-state index in [9.17, 15) is 4.79 Å². The molecule has 0 radical (unpaired) electrons. The Hall–Kier alpha value is -1.89. The van der Waals surface area contributed by atoms with Crippen LogP contribution in [0.5, 0.6) is 0 Å². The molecule has 3 heterocycles. The molecule has 4 rings (SSSR count). The molecule has 0 bridgehead atoms. The minimum Gasteiger partial charge on any atom is -0.375 e. The maximum Gasteiger partial charge on any atom is 0.225 e. The number of aromatic nitrogens is 2. The number of carbonyl (C=O) groups excluding carboxylic acids is 1. The third-order valence-electron chi connectivity index (χ3n) is 5.44. The van der Waals surface area contributed by atoms with E-state index in [0.29, 0.717) is 24.0 Å². The van der Waals surface area contributed by atoms with Crippen molar-refractivity contribution < 1.29 is 9.53 Å². The number of morpholine rings is 1. The number of nitrogens with one attached hydrogen (secondary N) is 2. The van der Waals surface area contributed by atoms with Crippen molar-refractivity contribution in [2.75, 3.05) is 32.8 Å². The maximum atomic E-state index is 12.5. The summed E-state index contributed by atoms with van der Waals surface area (Å²) in [6, 6.07) is 9.82. The Morgan fingerprint density at radius 3 is 2.85 bits per heavy atom. The molecule has 1 aromatic carbocycles. The van der Waals surface area contributed by atoms with E-state index in [1.54, 1.807) is 0 Å². The van der Waals surface area contributed by atoms with E-state index >= 15 is 0 Å². The van der Waals surface area contributed by atoms with Crippen molar-refractivity contribution in [3.05, 3.63) is 41.0 Å². The van der Waals surface area contributed by atoms with Gasteiger partial charge in [0.05, 0.1) is 29.8 Å². The molecule has 0 unspecified atom stereocenters. The van der Waals surface area contributed by atoms with Gasteiger partial charge in [-0.15, -0.1) is 0 Å². The number of ether oxygens (including phenoxy) is 1. The topological polar surface area (TPSA) is 70.2 Å². The lowest BCUT2D eigenvalue weighted by atomic mass is 9.93. The number of H-pyrrole nitrogens is 1. The first-order chi connectivity index (χ1) is 13.2. The van der Waals surface area contributed by atoms with Gasteiger partial charge in [0.2, 0.25) is 5.91 Å². The second kappa shape index (κ2) is 8.42. The largest absolute Gasteiger partial charge is 0.375 e. The third kappa shape index (κ3) is 4.34. The SMILES string of the molecule is O=C(C[C@@H]1CNCCO1)N1CCC(c2cc(-c3ccccc3Cl)n[nH]2)CC1. The van der Waals surface area contributed by atoms with Crippen LogP contribution in [-0.4, -0.2) is 59.9 Å². The number of piperidine rings is 1. The van der Waals surface area contributed by atoms with E-state index in [0.717, 1.165) is 56.0 Å². The zero-order chi connectivity index (χ0) is 18.6. The molecule has 7 heteroatoms. The molecular formula is C20H25ClN4O2. The van der Waals surface area contributed by atoms with E-state index in [2.05, 4.69) is 21.6 Å². The van der Waals surface area contributed by atoms with Crippen LogP contribution in [0.15, 0.2) is 30.3 Å². The van der Waals surface area contributed by atoms with Gasteiger partial charge in [-0.3, -0.25) is 9.89 Å². The standard InChI is InChI=1S/C20H25ClN4O2/c21-17-4-2-1-3-16(17)19-12-18(23-24-19)14-5-8-25(9-6-14)20(26)11-15-13-22-7-10-27-15/h1-4,12,14-15,22H,5-11,13H2,(H,23,24)/t15-/m1/s1. The summed E-state index contributed by atoms with van der Waals surface area (Å²) in [5.74, 6) is 0.592. The number of aromatic amines is 1. The monoisotopic (exact) mass is 388 g/mol. The van der Waals surface area contributed by atoms with Crippen LogP contribution in [0.3, 0.4) is 0 Å². The molecule has 2 N–H and O–H groups in total. The van der Waals surface area contributed by atoms with Crippen molar-refractivity contribution in [2.24, 2.45) is 0 Å². The second-order valence-electron chi connectivity index (χ2n) is 7.24. The maximum absolute atomic E-state index is 12.5. The fourth-order valence-electron chi connectivity index (χ4n) is 3.87. The summed E-state index contributed by atoms with van der Waals surface area (Å²) in [6.45, 7) is 3.89. The number of benzene rings is 1. The van der Waals surface area contributed by atoms with Crippen LogP contribution in [-0.2, 0) is 9.53 Å². The number of rotatable bonds is 4. The van der Waals surface area contributed by atoms with Crippen molar-refractivity contribution in [2.45, 2.75) is 31.3 Å². The predicted molar refractivity (Wildman–Crippen MR) is 105 cm³/mol. The highest BCUT2D eigenvalue weighted by atomic mass is 35.5. The molecule has 2 aromatic rings. The second-order valence-corrected chi connectivity index (χ2v) is 7.65. The van der Waals surface area contributed by atoms with E-state index in [-0.39, 0.29) is 12.0 Å². The van der Waals surface area contributed by atoms with Gasteiger partial charge in [0.25, 0.3) is 0 Å². The number of hydrogen-bond acceptors (Lipinski definition) is 4. The number of amides is 1. The van der Waals surface area contributed by atoms with Crippen LogP contribution in [0.2, 0.25) is 5.02 Å². The Balaban J connectivity index is 1.33. The zero-order valence-electron chi connectivity index (χ0n) is 15.3. The van der Waals surface area contributed by atoms with Gasteiger partial charge >= 0.3 is 0 Å². The summed E-state index contributed by atoms with van der Waals surface area (Å²) in [5, 5.41) is 11.6. The summed E-state index contributed by atoms with van der Waals surface area (Å²) in [5.41, 5.74) is 2.93. The first-order valence-electron chi connectivity index (χ1n) is 9.61. The van der Waals surface area contributed by atoms with Crippen molar-refractivity contribution >= 4 is 17.5 Å². The van der Waals surface area contributed by atoms with Crippen LogP contribution in [0.1, 0.15) is 30.9 Å². The summed E-state index contributed by atoms with van der Waals surface area (Å²) >= 11 is 6.28. The first kappa shape index (κ1) is 18.5. The Morgan fingerprint density at radius 1 is 1.30 bits per heavy atom. The van der Waals surface area contributed by atoms with Gasteiger partial charge in [-0.1, -0.05) is 29.8 Å². The predicted octanol–water partition coefficient (Wildman–Crippen LogP) is 2.81. The van der Waals surface area contributed by atoms with Crippen LogP contribution >= 0.6 is 11.6 Å². The average Bonchev–Trinajstić information content (AvgIpc) is 3.19. The van der Waals surface area contributed by atoms with E-state index in [1.165, 1.54) is 0 Å². The number of halogens is 1. The van der Waals surface area contributed by atoms with E-state index in [4.69, 9.17) is 16.3 Å². The molecule has 1 aromatic heterocycles. The van der Waals surface area contributed by atoms with E-state index < -0.39 is 0 Å². The molecule has 144 valence electrons. The summed E-state index contributed by atoms with van der Waals surface area (Å²) in [6.07, 6.45) is 2.37. The minimum absolute atomic E-state index is 0.00904. The fraction of sp³-hybridized carbons (Fsp3) is 0.500. The Morgan fingerprint density at radius 2 is 2.11 bits per heavy atom. The van der Waals surface area contributed by atoms with Crippen LogP contribution in [0.4, 0.5) is 0 Å². The normalized spacial score (nSPS) is 21.4. The summed E-state index contributed by atoms with van der Waals surface area (Å²) in [7, 11) is 0. The average molecular weight is 389 g/mol. The number of nitrogens with zero attached hydrogens (tertiary/aromatic N) is 2. The summed E-state index contributed by atoms with van der Waals surface area (Å²) < 4.78 is 5.65. The lowest BCUT2D eigenvalue weighted by Gasteiger charge is -2.33. The molecule has 2 aliphatic rings. The minimum atomic E-state index is 0.00904. The van der Waals surface area contributed by atoms with Crippen LogP contribution in [0.25, 0.3) is 11.3 Å². The number of likely N-dealkylation sites (tertiary alicyclic amines) is 1. The van der Waals surface area contributed by atoms with Gasteiger partial charge in [0.1, 0.15) is 0 Å². The highest BCUT2D eigenvalue weighted by molar-refractivity contribution is 6.33. The molecule has 2 saturated heterocycles. The molecular weight excluding hydrogens is 364 g/mol. The van der Waals surface area contributed by atoms with Crippen molar-refractivity contribution in [1.29, 1.82) is 0 Å². The number of carbonyl (C=O) groups is 1. The first-order valence-corrected chi connectivity index (χ1v) is 9.99. The van der Waals surface area contributed by atoms with Crippen molar-refractivity contribution in [3.8, 4) is 11.3 Å². The molecule has 1 amide bonds. The quantitative estimate of drug-likeness (QED) is 0.844. The fourth-order valence-corrected chi connectivity index (χ4v) is 4.10. The van der Waals surface area contributed by atoms with Crippen molar-refractivity contribution in [1.82, 2.24) is 20.4 Å². The molecule has 2 aliphatic heterocycles. The third-order valence-corrected chi connectivity index (χ3v) is 5.77. The zero-order valence-corrected chi connectivity index (χ0v) is 16.0. The highest BCUT2D eigenvalue weighted by Crippen LogP contribution is 2.31. The molecule has 6 nitrogen and oxygen atoms in total. The van der Waals surface area contributed by atoms with Gasteiger partial charge in [-0.2, -0.15) is 5.10 Å².